The first-order chi connectivity index (χ1) is 9.29. The Hall–Kier alpha value is -1.22. The van der Waals surface area contributed by atoms with Crippen molar-refractivity contribution in [1.29, 1.82) is 0 Å². The second-order valence-corrected chi connectivity index (χ2v) is 5.39. The summed E-state index contributed by atoms with van der Waals surface area (Å²) in [6, 6.07) is 7.87. The highest BCUT2D eigenvalue weighted by molar-refractivity contribution is 5.39. The van der Waals surface area contributed by atoms with Gasteiger partial charge in [0.25, 0.3) is 0 Å². The first-order valence-corrected chi connectivity index (χ1v) is 7.34. The number of rotatable bonds is 7. The van der Waals surface area contributed by atoms with Crippen molar-refractivity contribution in [2.45, 2.75) is 39.0 Å². The lowest BCUT2D eigenvalue weighted by Crippen LogP contribution is -2.29. The van der Waals surface area contributed by atoms with E-state index in [1.54, 1.807) is 0 Å². The van der Waals surface area contributed by atoms with E-state index >= 15 is 0 Å². The minimum atomic E-state index is 0.320. The van der Waals surface area contributed by atoms with Gasteiger partial charge >= 0.3 is 0 Å². The summed E-state index contributed by atoms with van der Waals surface area (Å²) in [7, 11) is 0. The smallest absolute Gasteiger partial charge is 0.161 e. The predicted octanol–water partition coefficient (Wildman–Crippen LogP) is 3.37. The van der Waals surface area contributed by atoms with E-state index in [9.17, 15) is 0 Å². The Morgan fingerprint density at radius 2 is 1.74 bits per heavy atom. The van der Waals surface area contributed by atoms with Crippen molar-refractivity contribution in [3.63, 3.8) is 0 Å². The van der Waals surface area contributed by atoms with E-state index in [-0.39, 0.29) is 0 Å². The predicted molar refractivity (Wildman–Crippen MR) is 77.7 cm³/mol. The molecule has 1 aromatic carbocycles. The van der Waals surface area contributed by atoms with Gasteiger partial charge in [0.15, 0.2) is 11.5 Å². The lowest BCUT2D eigenvalue weighted by molar-refractivity contribution is 0.198. The molecular weight excluding hydrogens is 238 g/mol. The normalized spacial score (nSPS) is 17.4. The number of nitrogens with two attached hydrogens (primary N) is 1. The molecule has 1 aliphatic carbocycles. The zero-order valence-electron chi connectivity index (χ0n) is 11.9. The molecule has 106 valence electrons. The Bertz CT molecular complexity index is 386. The Kier molecular flexibility index (Phi) is 5.08. The number of hydrogen-bond acceptors (Lipinski definition) is 3. The molecule has 0 atom stereocenters. The van der Waals surface area contributed by atoms with Gasteiger partial charge in [0, 0.05) is 0 Å². The average Bonchev–Trinajstić information content (AvgIpc) is 2.90. The molecule has 0 radical (unpaired) electrons. The quantitative estimate of drug-likeness (QED) is 0.820. The van der Waals surface area contributed by atoms with Crippen molar-refractivity contribution in [3.8, 4) is 11.5 Å². The lowest BCUT2D eigenvalue weighted by atomic mass is 9.83. The summed E-state index contributed by atoms with van der Waals surface area (Å²) in [4.78, 5) is 0. The Balaban J connectivity index is 1.88. The van der Waals surface area contributed by atoms with Crippen LogP contribution >= 0.6 is 0 Å². The summed E-state index contributed by atoms with van der Waals surface area (Å²) in [5.74, 6) is 1.67. The fourth-order valence-electron chi connectivity index (χ4n) is 2.90. The number of benzene rings is 1. The molecule has 0 aromatic heterocycles. The molecule has 0 bridgehead atoms. The van der Waals surface area contributed by atoms with Crippen LogP contribution < -0.4 is 15.2 Å². The molecular formula is C16H25NO2. The van der Waals surface area contributed by atoms with E-state index in [2.05, 4.69) is 0 Å². The molecule has 2 N–H and O–H groups in total. The third kappa shape index (κ3) is 3.63. The fraction of sp³-hybridized carbons (Fsp3) is 0.625. The molecule has 0 spiro atoms. The molecule has 2 rings (SSSR count). The maximum atomic E-state index is 5.95. The van der Waals surface area contributed by atoms with Gasteiger partial charge in [0.05, 0.1) is 13.2 Å². The Morgan fingerprint density at radius 1 is 1.11 bits per heavy atom. The molecule has 0 heterocycles. The maximum absolute atomic E-state index is 5.95. The van der Waals surface area contributed by atoms with E-state index in [1.807, 2.05) is 31.2 Å². The van der Waals surface area contributed by atoms with Gasteiger partial charge in [0.1, 0.15) is 0 Å². The van der Waals surface area contributed by atoms with Crippen LogP contribution in [0.2, 0.25) is 0 Å². The zero-order valence-corrected chi connectivity index (χ0v) is 11.9. The molecule has 3 nitrogen and oxygen atoms in total. The van der Waals surface area contributed by atoms with Crippen LogP contribution in [-0.2, 0) is 0 Å². The summed E-state index contributed by atoms with van der Waals surface area (Å²) < 4.78 is 11.5. The van der Waals surface area contributed by atoms with E-state index < -0.39 is 0 Å². The minimum absolute atomic E-state index is 0.320. The van der Waals surface area contributed by atoms with Gasteiger partial charge in [-0.05, 0) is 50.3 Å². The number of para-hydroxylation sites is 2. The van der Waals surface area contributed by atoms with Crippen LogP contribution in [0.25, 0.3) is 0 Å². The van der Waals surface area contributed by atoms with E-state index in [4.69, 9.17) is 15.2 Å². The van der Waals surface area contributed by atoms with Gasteiger partial charge in [-0.25, -0.2) is 0 Å². The second-order valence-electron chi connectivity index (χ2n) is 5.39. The molecule has 1 saturated carbocycles. The van der Waals surface area contributed by atoms with Crippen molar-refractivity contribution in [3.05, 3.63) is 24.3 Å². The van der Waals surface area contributed by atoms with Crippen LogP contribution in [0, 0.1) is 5.41 Å². The minimum Gasteiger partial charge on any atom is -0.490 e. The van der Waals surface area contributed by atoms with Crippen LogP contribution in [0.3, 0.4) is 0 Å². The summed E-state index contributed by atoms with van der Waals surface area (Å²) in [6.45, 7) is 4.15. The Labute approximate surface area is 116 Å². The van der Waals surface area contributed by atoms with Crippen LogP contribution in [0.4, 0.5) is 0 Å². The molecule has 19 heavy (non-hydrogen) atoms. The molecule has 1 aromatic rings. The highest BCUT2D eigenvalue weighted by Crippen LogP contribution is 2.40. The highest BCUT2D eigenvalue weighted by Gasteiger charge is 2.32. The van der Waals surface area contributed by atoms with Crippen molar-refractivity contribution in [1.82, 2.24) is 0 Å². The number of ether oxygens (including phenoxy) is 2. The van der Waals surface area contributed by atoms with Gasteiger partial charge in [-0.2, -0.15) is 0 Å². The molecule has 0 aliphatic heterocycles. The van der Waals surface area contributed by atoms with Gasteiger partial charge in [-0.15, -0.1) is 0 Å². The van der Waals surface area contributed by atoms with Gasteiger partial charge in [-0.1, -0.05) is 25.0 Å². The van der Waals surface area contributed by atoms with Crippen molar-refractivity contribution in [2.75, 3.05) is 19.8 Å². The molecule has 0 unspecified atom stereocenters. The summed E-state index contributed by atoms with van der Waals surface area (Å²) in [6.07, 6.45) is 6.17. The summed E-state index contributed by atoms with van der Waals surface area (Å²) in [5, 5.41) is 0. The van der Waals surface area contributed by atoms with Gasteiger partial charge in [0.2, 0.25) is 0 Å². The van der Waals surface area contributed by atoms with Crippen molar-refractivity contribution in [2.24, 2.45) is 11.1 Å². The van der Waals surface area contributed by atoms with Crippen molar-refractivity contribution >= 4 is 0 Å². The van der Waals surface area contributed by atoms with Crippen LogP contribution in [-0.4, -0.2) is 19.8 Å². The molecule has 0 amide bonds. The largest absolute Gasteiger partial charge is 0.490 e. The van der Waals surface area contributed by atoms with Crippen molar-refractivity contribution < 1.29 is 9.47 Å². The molecule has 0 saturated heterocycles. The monoisotopic (exact) mass is 263 g/mol. The first-order valence-electron chi connectivity index (χ1n) is 7.34. The Morgan fingerprint density at radius 3 is 2.32 bits per heavy atom. The summed E-state index contributed by atoms with van der Waals surface area (Å²) in [5.41, 5.74) is 6.27. The van der Waals surface area contributed by atoms with E-state index in [0.29, 0.717) is 12.0 Å². The standard InChI is InChI=1S/C16H25NO2/c1-2-18-14-7-3-4-8-15(14)19-12-11-16(13-17)9-5-6-10-16/h3-4,7-8H,2,5-6,9-13,17H2,1H3. The van der Waals surface area contributed by atoms with Crippen LogP contribution in [0.5, 0.6) is 11.5 Å². The zero-order chi connectivity index (χ0) is 13.6. The maximum Gasteiger partial charge on any atom is 0.161 e. The third-order valence-electron chi connectivity index (χ3n) is 4.14. The average molecular weight is 263 g/mol. The topological polar surface area (TPSA) is 44.5 Å². The number of hydrogen-bond donors (Lipinski definition) is 1. The second kappa shape index (κ2) is 6.80. The van der Waals surface area contributed by atoms with Gasteiger partial charge in [-0.3, -0.25) is 0 Å². The highest BCUT2D eigenvalue weighted by atomic mass is 16.5. The third-order valence-corrected chi connectivity index (χ3v) is 4.14. The lowest BCUT2D eigenvalue weighted by Gasteiger charge is -2.27. The summed E-state index contributed by atoms with van der Waals surface area (Å²) >= 11 is 0. The van der Waals surface area contributed by atoms with E-state index in [1.165, 1.54) is 25.7 Å². The molecule has 1 aliphatic rings. The van der Waals surface area contributed by atoms with E-state index in [0.717, 1.165) is 31.1 Å². The molecule has 3 heteroatoms. The van der Waals surface area contributed by atoms with Crippen LogP contribution in [0.15, 0.2) is 24.3 Å². The fourth-order valence-corrected chi connectivity index (χ4v) is 2.90. The first kappa shape index (κ1) is 14.2. The molecule has 1 fully saturated rings. The SMILES string of the molecule is CCOc1ccccc1OCCC1(CN)CCCC1. The van der Waals surface area contributed by atoms with Gasteiger partial charge < -0.3 is 15.2 Å². The van der Waals surface area contributed by atoms with Crippen LogP contribution in [0.1, 0.15) is 39.0 Å².